The van der Waals surface area contributed by atoms with Gasteiger partial charge < -0.3 is 24.8 Å². The first-order chi connectivity index (χ1) is 14.4. The summed E-state index contributed by atoms with van der Waals surface area (Å²) in [7, 11) is 1.59. The number of ether oxygens (including phenoxy) is 3. The molecule has 0 saturated carbocycles. The molecule has 0 fully saturated rings. The number of rotatable bonds is 7. The van der Waals surface area contributed by atoms with Crippen molar-refractivity contribution < 1.29 is 23.8 Å². The van der Waals surface area contributed by atoms with Gasteiger partial charge in [0.15, 0.2) is 0 Å². The third kappa shape index (κ3) is 4.92. The predicted molar refractivity (Wildman–Crippen MR) is 112 cm³/mol. The molecule has 2 amide bonds. The molecule has 0 bridgehead atoms. The Morgan fingerprint density at radius 1 is 1.10 bits per heavy atom. The van der Waals surface area contributed by atoms with E-state index in [4.69, 9.17) is 14.2 Å². The van der Waals surface area contributed by atoms with E-state index < -0.39 is 12.0 Å². The molecule has 3 rings (SSSR count). The summed E-state index contributed by atoms with van der Waals surface area (Å²) in [4.78, 5) is 25.1. The average molecular weight is 410 g/mol. The highest BCUT2D eigenvalue weighted by Gasteiger charge is 2.34. The molecule has 158 valence electrons. The second-order valence-electron chi connectivity index (χ2n) is 7.20. The van der Waals surface area contributed by atoms with Crippen LogP contribution in [0.2, 0.25) is 0 Å². The average Bonchev–Trinajstić information content (AvgIpc) is 2.72. The van der Waals surface area contributed by atoms with Crippen LogP contribution in [-0.2, 0) is 16.1 Å². The number of carbonyl (C=O) groups excluding carboxylic acids is 2. The van der Waals surface area contributed by atoms with Crippen LogP contribution in [0.15, 0.2) is 59.8 Å². The van der Waals surface area contributed by atoms with Crippen LogP contribution in [0.25, 0.3) is 0 Å². The van der Waals surface area contributed by atoms with Crippen LogP contribution in [0.4, 0.5) is 4.79 Å². The molecule has 1 aliphatic rings. The number of carbonyl (C=O) groups is 2. The maximum absolute atomic E-state index is 13.0. The second-order valence-corrected chi connectivity index (χ2v) is 7.20. The van der Waals surface area contributed by atoms with E-state index in [9.17, 15) is 9.59 Å². The minimum Gasteiger partial charge on any atom is -0.497 e. The zero-order chi connectivity index (χ0) is 21.7. The Balaban J connectivity index is 1.85. The molecule has 0 aromatic heterocycles. The number of urea groups is 1. The summed E-state index contributed by atoms with van der Waals surface area (Å²) in [6.45, 7) is 5.62. The molecule has 2 N–H and O–H groups in total. The standard InChI is InChI=1S/C23H26N2O5/c1-14(2)30-19-8-6-5-7-18(19)21-20(15(3)24-23(27)25-21)22(26)29-13-16-9-11-17(28-4)12-10-16/h5-12,14,21H,13H2,1-4H3,(H2,24,25,27)/t21-/m0/s1. The Morgan fingerprint density at radius 2 is 1.80 bits per heavy atom. The fourth-order valence-corrected chi connectivity index (χ4v) is 3.23. The number of hydrogen-bond donors (Lipinski definition) is 2. The SMILES string of the molecule is COc1ccc(COC(=O)C2=C(C)NC(=O)N[C@H]2c2ccccc2OC(C)C)cc1. The van der Waals surface area contributed by atoms with Crippen molar-refractivity contribution in [3.63, 3.8) is 0 Å². The van der Waals surface area contributed by atoms with Gasteiger partial charge in [-0.05, 0) is 44.5 Å². The predicted octanol–water partition coefficient (Wildman–Crippen LogP) is 3.85. The van der Waals surface area contributed by atoms with E-state index in [-0.39, 0.29) is 18.7 Å². The van der Waals surface area contributed by atoms with Crippen molar-refractivity contribution in [1.29, 1.82) is 0 Å². The van der Waals surface area contributed by atoms with Gasteiger partial charge in [0, 0.05) is 11.3 Å². The first-order valence-electron chi connectivity index (χ1n) is 9.73. The summed E-state index contributed by atoms with van der Waals surface area (Å²) in [6, 6.07) is 13.5. The fourth-order valence-electron chi connectivity index (χ4n) is 3.23. The Bertz CT molecular complexity index is 950. The van der Waals surface area contributed by atoms with Crippen LogP contribution >= 0.6 is 0 Å². The lowest BCUT2D eigenvalue weighted by Gasteiger charge is -2.29. The van der Waals surface area contributed by atoms with Gasteiger partial charge in [0.2, 0.25) is 0 Å². The zero-order valence-corrected chi connectivity index (χ0v) is 17.5. The van der Waals surface area contributed by atoms with Gasteiger partial charge >= 0.3 is 12.0 Å². The number of para-hydroxylation sites is 1. The van der Waals surface area contributed by atoms with Crippen LogP contribution in [0.5, 0.6) is 11.5 Å². The minimum atomic E-state index is -0.683. The van der Waals surface area contributed by atoms with E-state index in [0.29, 0.717) is 22.6 Å². The van der Waals surface area contributed by atoms with Crippen molar-refractivity contribution >= 4 is 12.0 Å². The highest BCUT2D eigenvalue weighted by Crippen LogP contribution is 2.34. The number of nitrogens with one attached hydrogen (secondary N) is 2. The molecule has 1 atom stereocenters. The van der Waals surface area contributed by atoms with Gasteiger partial charge in [0.25, 0.3) is 0 Å². The van der Waals surface area contributed by atoms with Crippen molar-refractivity contribution in [2.45, 2.75) is 39.5 Å². The van der Waals surface area contributed by atoms with Gasteiger partial charge in [-0.3, -0.25) is 0 Å². The molecule has 1 aliphatic heterocycles. The molecule has 2 aromatic rings. The summed E-state index contributed by atoms with van der Waals surface area (Å²) >= 11 is 0. The monoisotopic (exact) mass is 410 g/mol. The maximum atomic E-state index is 13.0. The topological polar surface area (TPSA) is 85.9 Å². The molecule has 0 saturated heterocycles. The highest BCUT2D eigenvalue weighted by atomic mass is 16.5. The lowest BCUT2D eigenvalue weighted by atomic mass is 9.94. The Kier molecular flexibility index (Phi) is 6.61. The van der Waals surface area contributed by atoms with E-state index in [2.05, 4.69) is 10.6 Å². The number of amides is 2. The molecule has 0 radical (unpaired) electrons. The van der Waals surface area contributed by atoms with E-state index >= 15 is 0 Å². The van der Waals surface area contributed by atoms with Crippen molar-refractivity contribution in [2.24, 2.45) is 0 Å². The molecule has 2 aromatic carbocycles. The van der Waals surface area contributed by atoms with Crippen molar-refractivity contribution in [3.05, 3.63) is 70.9 Å². The van der Waals surface area contributed by atoms with Gasteiger partial charge in [-0.1, -0.05) is 30.3 Å². The molecule has 7 nitrogen and oxygen atoms in total. The molecule has 7 heteroatoms. The molecule has 0 aliphatic carbocycles. The van der Waals surface area contributed by atoms with Crippen LogP contribution in [0.3, 0.4) is 0 Å². The fraction of sp³-hybridized carbons (Fsp3) is 0.304. The van der Waals surface area contributed by atoms with Crippen molar-refractivity contribution in [1.82, 2.24) is 10.6 Å². The third-order valence-corrected chi connectivity index (χ3v) is 4.61. The quantitative estimate of drug-likeness (QED) is 0.677. The number of methoxy groups -OCH3 is 1. The lowest BCUT2D eigenvalue weighted by Crippen LogP contribution is -2.45. The van der Waals surface area contributed by atoms with Crippen LogP contribution in [-0.4, -0.2) is 25.2 Å². The first-order valence-corrected chi connectivity index (χ1v) is 9.73. The Hall–Kier alpha value is -3.48. The summed E-state index contributed by atoms with van der Waals surface area (Å²) in [5.74, 6) is 0.817. The summed E-state index contributed by atoms with van der Waals surface area (Å²) in [5.41, 5.74) is 2.30. The van der Waals surface area contributed by atoms with E-state index in [1.807, 2.05) is 50.2 Å². The Labute approximate surface area is 176 Å². The molecule has 0 spiro atoms. The van der Waals surface area contributed by atoms with Crippen molar-refractivity contribution in [2.75, 3.05) is 7.11 Å². The largest absolute Gasteiger partial charge is 0.497 e. The van der Waals surface area contributed by atoms with Gasteiger partial charge in [0.1, 0.15) is 18.1 Å². The number of hydrogen-bond acceptors (Lipinski definition) is 5. The Morgan fingerprint density at radius 3 is 2.47 bits per heavy atom. The normalized spacial score (nSPS) is 16.0. The van der Waals surface area contributed by atoms with E-state index in [1.54, 1.807) is 26.2 Å². The summed E-state index contributed by atoms with van der Waals surface area (Å²) in [6.07, 6.45) is -0.0564. The van der Waals surface area contributed by atoms with Crippen molar-refractivity contribution in [3.8, 4) is 11.5 Å². The molecular formula is C23H26N2O5. The van der Waals surface area contributed by atoms with Gasteiger partial charge in [-0.15, -0.1) is 0 Å². The van der Waals surface area contributed by atoms with Gasteiger partial charge in [-0.2, -0.15) is 0 Å². The molecule has 0 unspecified atom stereocenters. The van der Waals surface area contributed by atoms with E-state index in [1.165, 1.54) is 0 Å². The number of allylic oxidation sites excluding steroid dienone is 1. The minimum absolute atomic E-state index is 0.0564. The number of esters is 1. The summed E-state index contributed by atoms with van der Waals surface area (Å²) < 4.78 is 16.6. The van der Waals surface area contributed by atoms with Crippen LogP contribution in [0, 0.1) is 0 Å². The van der Waals surface area contributed by atoms with Gasteiger partial charge in [-0.25, -0.2) is 9.59 Å². The molecule has 1 heterocycles. The van der Waals surface area contributed by atoms with Crippen LogP contribution < -0.4 is 20.1 Å². The second kappa shape index (κ2) is 9.35. The number of benzene rings is 2. The highest BCUT2D eigenvalue weighted by molar-refractivity contribution is 5.95. The zero-order valence-electron chi connectivity index (χ0n) is 17.5. The molecule has 30 heavy (non-hydrogen) atoms. The molecular weight excluding hydrogens is 384 g/mol. The van der Waals surface area contributed by atoms with Gasteiger partial charge in [0.05, 0.1) is 24.8 Å². The van der Waals surface area contributed by atoms with E-state index in [0.717, 1.165) is 11.3 Å². The lowest BCUT2D eigenvalue weighted by molar-refractivity contribution is -0.140. The van der Waals surface area contributed by atoms with Crippen LogP contribution in [0.1, 0.15) is 37.9 Å². The third-order valence-electron chi connectivity index (χ3n) is 4.61. The smallest absolute Gasteiger partial charge is 0.338 e. The maximum Gasteiger partial charge on any atom is 0.338 e. The first kappa shape index (κ1) is 21.2. The summed E-state index contributed by atoms with van der Waals surface area (Å²) in [5, 5.41) is 5.47.